The van der Waals surface area contributed by atoms with Gasteiger partial charge in [-0.3, -0.25) is 15.2 Å². The first-order valence-corrected chi connectivity index (χ1v) is 10.3. The third-order valence-corrected chi connectivity index (χ3v) is 6.10. The second kappa shape index (κ2) is 8.54. The Bertz CT molecular complexity index is 718. The maximum absolute atomic E-state index is 9.46. The number of aliphatic hydroxyl groups excluding tert-OH is 1. The second-order valence-electron chi connectivity index (χ2n) is 8.06. The summed E-state index contributed by atoms with van der Waals surface area (Å²) in [5.41, 5.74) is 0.808. The molecule has 2 fully saturated rings. The van der Waals surface area contributed by atoms with Crippen LogP contribution in [0.15, 0.2) is 23.0 Å². The maximum atomic E-state index is 9.46. The molecule has 0 aromatic carbocycles. The van der Waals surface area contributed by atoms with E-state index < -0.39 is 0 Å². The topological polar surface area (TPSA) is 77.7 Å². The van der Waals surface area contributed by atoms with Gasteiger partial charge in [-0.2, -0.15) is 0 Å². The zero-order chi connectivity index (χ0) is 18.6. The number of hydrogen-bond acceptors (Lipinski definition) is 7. The van der Waals surface area contributed by atoms with Crippen LogP contribution < -0.4 is 10.2 Å². The van der Waals surface area contributed by atoms with E-state index >= 15 is 0 Å². The van der Waals surface area contributed by atoms with E-state index in [0.717, 1.165) is 48.9 Å². The lowest BCUT2D eigenvalue weighted by molar-refractivity contribution is 0.121. The van der Waals surface area contributed by atoms with Crippen molar-refractivity contribution in [3.63, 3.8) is 0 Å². The molecule has 2 aromatic rings. The smallest absolute Gasteiger partial charge is 0.181 e. The van der Waals surface area contributed by atoms with Crippen molar-refractivity contribution < 1.29 is 9.63 Å². The van der Waals surface area contributed by atoms with E-state index in [0.29, 0.717) is 6.04 Å². The molecule has 1 saturated heterocycles. The molecule has 0 spiro atoms. The number of pyridine rings is 1. The first-order valence-electron chi connectivity index (χ1n) is 10.3. The molecule has 0 radical (unpaired) electrons. The molecule has 0 amide bonds. The van der Waals surface area contributed by atoms with E-state index in [2.05, 4.69) is 25.3 Å². The first kappa shape index (κ1) is 18.7. The molecule has 7 heteroatoms. The number of nitrogens with zero attached hydrogens (tertiary/aromatic N) is 4. The number of hydrogen-bond donors (Lipinski definition) is 2. The largest absolute Gasteiger partial charge is 0.379 e. The Hall–Kier alpha value is -1.70. The van der Waals surface area contributed by atoms with Gasteiger partial charge >= 0.3 is 0 Å². The van der Waals surface area contributed by atoms with Gasteiger partial charge in [0.1, 0.15) is 6.23 Å². The van der Waals surface area contributed by atoms with Crippen molar-refractivity contribution in [1.82, 2.24) is 20.4 Å². The maximum Gasteiger partial charge on any atom is 0.181 e. The van der Waals surface area contributed by atoms with Gasteiger partial charge in [0.15, 0.2) is 11.4 Å². The molecule has 1 aliphatic carbocycles. The van der Waals surface area contributed by atoms with Crippen molar-refractivity contribution in [3.05, 3.63) is 18.5 Å². The molecule has 0 bridgehead atoms. The molecule has 27 heavy (non-hydrogen) atoms. The van der Waals surface area contributed by atoms with Crippen LogP contribution in [0.1, 0.15) is 39.0 Å². The molecule has 4 rings (SSSR count). The molecule has 1 unspecified atom stereocenters. The van der Waals surface area contributed by atoms with Crippen LogP contribution in [-0.2, 0) is 0 Å². The standard InChI is InChI=1S/C20H31N5O2/c1-15(26)22-17-4-2-16(3-5-17)7-9-24-10-12-25(13-11-24)20-18-14-21-8-6-19(18)27-23-20/h6,8,14-17,22,26H,2-5,7,9-13H2,1H3. The number of nitrogens with one attached hydrogen (secondary N) is 1. The highest BCUT2D eigenvalue weighted by atomic mass is 16.5. The minimum Gasteiger partial charge on any atom is -0.379 e. The summed E-state index contributed by atoms with van der Waals surface area (Å²) < 4.78 is 5.42. The van der Waals surface area contributed by atoms with Crippen LogP contribution in [0.5, 0.6) is 0 Å². The Morgan fingerprint density at radius 3 is 2.74 bits per heavy atom. The Labute approximate surface area is 160 Å². The summed E-state index contributed by atoms with van der Waals surface area (Å²) in [6, 6.07) is 2.37. The molecule has 2 N–H and O–H groups in total. The average Bonchev–Trinajstić information content (AvgIpc) is 3.12. The van der Waals surface area contributed by atoms with Crippen LogP contribution in [0.4, 0.5) is 5.82 Å². The molecule has 2 aliphatic rings. The molecule has 1 atom stereocenters. The summed E-state index contributed by atoms with van der Waals surface area (Å²) >= 11 is 0. The highest BCUT2D eigenvalue weighted by Gasteiger charge is 2.24. The zero-order valence-corrected chi connectivity index (χ0v) is 16.2. The number of rotatable bonds is 6. The molecule has 7 nitrogen and oxygen atoms in total. The van der Waals surface area contributed by atoms with E-state index in [1.54, 1.807) is 6.20 Å². The van der Waals surface area contributed by atoms with E-state index in [9.17, 15) is 5.11 Å². The highest BCUT2D eigenvalue weighted by molar-refractivity contribution is 5.87. The third kappa shape index (κ3) is 4.59. The predicted molar refractivity (Wildman–Crippen MR) is 106 cm³/mol. The number of piperazine rings is 1. The summed E-state index contributed by atoms with van der Waals surface area (Å²) in [5.74, 6) is 1.77. The number of anilines is 1. The lowest BCUT2D eigenvalue weighted by Gasteiger charge is -2.36. The van der Waals surface area contributed by atoms with Crippen LogP contribution in [0, 0.1) is 5.92 Å². The van der Waals surface area contributed by atoms with Crippen molar-refractivity contribution in [2.45, 2.75) is 51.3 Å². The summed E-state index contributed by atoms with van der Waals surface area (Å²) in [6.07, 6.45) is 9.43. The van der Waals surface area contributed by atoms with Gasteiger partial charge in [0.05, 0.1) is 5.39 Å². The van der Waals surface area contributed by atoms with E-state index in [1.165, 1.54) is 38.6 Å². The van der Waals surface area contributed by atoms with Gasteiger partial charge in [-0.15, -0.1) is 0 Å². The van der Waals surface area contributed by atoms with Crippen molar-refractivity contribution in [3.8, 4) is 0 Å². The Kier molecular flexibility index (Phi) is 5.90. The zero-order valence-electron chi connectivity index (χ0n) is 16.2. The van der Waals surface area contributed by atoms with Crippen LogP contribution >= 0.6 is 0 Å². The lowest BCUT2D eigenvalue weighted by Crippen LogP contribution is -2.47. The molecule has 148 valence electrons. The highest BCUT2D eigenvalue weighted by Crippen LogP contribution is 2.28. The monoisotopic (exact) mass is 373 g/mol. The Balaban J connectivity index is 1.20. The summed E-state index contributed by atoms with van der Waals surface area (Å²) in [4.78, 5) is 9.10. The number of aromatic nitrogens is 2. The van der Waals surface area contributed by atoms with Gasteiger partial charge in [-0.25, -0.2) is 0 Å². The predicted octanol–water partition coefficient (Wildman–Crippen LogP) is 2.22. The van der Waals surface area contributed by atoms with Gasteiger partial charge in [0, 0.05) is 50.7 Å². The molecular weight excluding hydrogens is 342 g/mol. The quantitative estimate of drug-likeness (QED) is 0.752. The fraction of sp³-hybridized carbons (Fsp3) is 0.700. The third-order valence-electron chi connectivity index (χ3n) is 6.10. The van der Waals surface area contributed by atoms with Crippen molar-refractivity contribution in [1.29, 1.82) is 0 Å². The average molecular weight is 374 g/mol. The molecule has 2 aromatic heterocycles. The van der Waals surface area contributed by atoms with Gasteiger partial charge in [0.25, 0.3) is 0 Å². The molecule has 1 aliphatic heterocycles. The van der Waals surface area contributed by atoms with Crippen LogP contribution in [0.3, 0.4) is 0 Å². The SMILES string of the molecule is CC(O)NC1CCC(CCN2CCN(c3noc4ccncc34)CC2)CC1. The van der Waals surface area contributed by atoms with Crippen molar-refractivity contribution in [2.75, 3.05) is 37.6 Å². The van der Waals surface area contributed by atoms with Crippen molar-refractivity contribution >= 4 is 16.8 Å². The molecule has 3 heterocycles. The normalized spacial score (nSPS) is 25.8. The summed E-state index contributed by atoms with van der Waals surface area (Å²) in [6.45, 7) is 7.13. The van der Waals surface area contributed by atoms with Crippen LogP contribution in [-0.4, -0.2) is 65.1 Å². The van der Waals surface area contributed by atoms with Crippen molar-refractivity contribution in [2.24, 2.45) is 5.92 Å². The minimum absolute atomic E-state index is 0.388. The van der Waals surface area contributed by atoms with Crippen LogP contribution in [0.25, 0.3) is 11.0 Å². The first-order chi connectivity index (χ1) is 13.2. The van der Waals surface area contributed by atoms with Gasteiger partial charge < -0.3 is 14.5 Å². The summed E-state index contributed by atoms with van der Waals surface area (Å²) in [5, 5.41) is 18.0. The van der Waals surface area contributed by atoms with E-state index in [1.807, 2.05) is 19.2 Å². The Morgan fingerprint density at radius 1 is 1.22 bits per heavy atom. The minimum atomic E-state index is -0.388. The lowest BCUT2D eigenvalue weighted by atomic mass is 9.84. The van der Waals surface area contributed by atoms with Gasteiger partial charge in [-0.05, 0) is 51.5 Å². The molecule has 1 saturated carbocycles. The Morgan fingerprint density at radius 2 is 2.00 bits per heavy atom. The van der Waals surface area contributed by atoms with E-state index in [-0.39, 0.29) is 6.23 Å². The number of aliphatic hydroxyl groups is 1. The van der Waals surface area contributed by atoms with Gasteiger partial charge in [0.2, 0.25) is 0 Å². The fourth-order valence-electron chi connectivity index (χ4n) is 4.51. The summed E-state index contributed by atoms with van der Waals surface area (Å²) in [7, 11) is 0. The number of fused-ring (bicyclic) bond motifs is 1. The second-order valence-corrected chi connectivity index (χ2v) is 8.06. The molecular formula is C20H31N5O2. The fourth-order valence-corrected chi connectivity index (χ4v) is 4.51. The van der Waals surface area contributed by atoms with Gasteiger partial charge in [-0.1, -0.05) is 5.16 Å². The van der Waals surface area contributed by atoms with E-state index in [4.69, 9.17) is 4.52 Å². The van der Waals surface area contributed by atoms with Crippen LogP contribution in [0.2, 0.25) is 0 Å².